The van der Waals surface area contributed by atoms with Gasteiger partial charge in [0.25, 0.3) is 5.91 Å². The summed E-state index contributed by atoms with van der Waals surface area (Å²) in [4.78, 5) is 21.9. The first kappa shape index (κ1) is 18.7. The third kappa shape index (κ3) is 3.69. The summed E-state index contributed by atoms with van der Waals surface area (Å²) in [6.07, 6.45) is 0. The monoisotopic (exact) mass is 395 g/mol. The summed E-state index contributed by atoms with van der Waals surface area (Å²) in [5.41, 5.74) is 4.30. The smallest absolute Gasteiger partial charge is 0.253 e. The van der Waals surface area contributed by atoms with Crippen molar-refractivity contribution in [2.75, 3.05) is 37.7 Å². The number of piperazine rings is 1. The molecule has 6 heteroatoms. The molecule has 0 radical (unpaired) electrons. The Kier molecular flexibility index (Phi) is 5.22. The second kappa shape index (κ2) is 7.80. The maximum absolute atomic E-state index is 12.8. The van der Waals surface area contributed by atoms with E-state index in [1.54, 1.807) is 11.3 Å². The lowest BCUT2D eigenvalue weighted by atomic mass is 10.1. The van der Waals surface area contributed by atoms with Crippen LogP contribution in [0.3, 0.4) is 0 Å². The van der Waals surface area contributed by atoms with Crippen LogP contribution in [0, 0.1) is 13.8 Å². The van der Waals surface area contributed by atoms with Crippen molar-refractivity contribution in [3.05, 3.63) is 53.1 Å². The Balaban J connectivity index is 1.43. The molecule has 0 unspecified atom stereocenters. The van der Waals surface area contributed by atoms with Crippen LogP contribution in [-0.2, 0) is 0 Å². The minimum absolute atomic E-state index is 0.0819. The standard InChI is InChI=1S/C22H25N3O2S/c1-4-27-18-7-5-17(6-8-18)21(26)24-9-11-25(12-10-24)22-23-20-16(3)13-15(2)14-19(20)28-22/h5-8,13-14H,4,9-12H2,1-3H3. The predicted molar refractivity (Wildman–Crippen MR) is 115 cm³/mol. The summed E-state index contributed by atoms with van der Waals surface area (Å²) in [6, 6.07) is 11.8. The highest BCUT2D eigenvalue weighted by Gasteiger charge is 2.24. The first-order valence-corrected chi connectivity index (χ1v) is 10.5. The van der Waals surface area contributed by atoms with Crippen LogP contribution in [0.2, 0.25) is 0 Å². The molecule has 4 rings (SSSR count). The van der Waals surface area contributed by atoms with E-state index in [9.17, 15) is 4.79 Å². The molecular formula is C22H25N3O2S. The normalized spacial score (nSPS) is 14.5. The second-order valence-electron chi connectivity index (χ2n) is 7.16. The van der Waals surface area contributed by atoms with E-state index in [2.05, 4.69) is 30.9 Å². The van der Waals surface area contributed by atoms with Gasteiger partial charge < -0.3 is 14.5 Å². The van der Waals surface area contributed by atoms with Gasteiger partial charge in [0.1, 0.15) is 5.75 Å². The van der Waals surface area contributed by atoms with E-state index in [4.69, 9.17) is 9.72 Å². The van der Waals surface area contributed by atoms with E-state index in [1.807, 2.05) is 36.1 Å². The van der Waals surface area contributed by atoms with Gasteiger partial charge in [0.05, 0.1) is 16.8 Å². The zero-order valence-corrected chi connectivity index (χ0v) is 17.4. The molecule has 1 aliphatic rings. The molecule has 0 N–H and O–H groups in total. The van der Waals surface area contributed by atoms with Gasteiger partial charge in [0, 0.05) is 31.7 Å². The van der Waals surface area contributed by atoms with Crippen molar-refractivity contribution in [1.82, 2.24) is 9.88 Å². The Morgan fingerprint density at radius 3 is 2.50 bits per heavy atom. The molecule has 2 aromatic carbocycles. The maximum atomic E-state index is 12.8. The fourth-order valence-corrected chi connectivity index (χ4v) is 4.83. The Bertz CT molecular complexity index is 989. The highest BCUT2D eigenvalue weighted by atomic mass is 32.1. The summed E-state index contributed by atoms with van der Waals surface area (Å²) in [6.45, 7) is 9.84. The van der Waals surface area contributed by atoms with Crippen LogP contribution in [0.15, 0.2) is 36.4 Å². The number of rotatable bonds is 4. The van der Waals surface area contributed by atoms with Crippen LogP contribution in [0.5, 0.6) is 5.75 Å². The molecule has 0 saturated carbocycles. The second-order valence-corrected chi connectivity index (χ2v) is 8.17. The van der Waals surface area contributed by atoms with Crippen molar-refractivity contribution in [2.45, 2.75) is 20.8 Å². The minimum Gasteiger partial charge on any atom is -0.494 e. The molecule has 28 heavy (non-hydrogen) atoms. The van der Waals surface area contributed by atoms with Gasteiger partial charge in [-0.3, -0.25) is 4.79 Å². The molecule has 1 aromatic heterocycles. The average Bonchev–Trinajstić information content (AvgIpc) is 3.13. The van der Waals surface area contributed by atoms with Crippen LogP contribution in [0.4, 0.5) is 5.13 Å². The van der Waals surface area contributed by atoms with Crippen LogP contribution in [-0.4, -0.2) is 48.6 Å². The fraction of sp³-hybridized carbons (Fsp3) is 0.364. The molecule has 0 aliphatic carbocycles. The molecule has 146 valence electrons. The number of aryl methyl sites for hydroxylation is 2. The number of fused-ring (bicyclic) bond motifs is 1. The molecular weight excluding hydrogens is 370 g/mol. The summed E-state index contributed by atoms with van der Waals surface area (Å²) >= 11 is 1.74. The summed E-state index contributed by atoms with van der Waals surface area (Å²) in [7, 11) is 0. The number of thiazole rings is 1. The molecule has 0 bridgehead atoms. The molecule has 1 fully saturated rings. The van der Waals surface area contributed by atoms with Gasteiger partial charge in [-0.1, -0.05) is 17.4 Å². The Morgan fingerprint density at radius 1 is 1.11 bits per heavy atom. The quantitative estimate of drug-likeness (QED) is 0.662. The Hall–Kier alpha value is -2.60. The first-order chi connectivity index (χ1) is 13.5. The maximum Gasteiger partial charge on any atom is 0.253 e. The zero-order chi connectivity index (χ0) is 19.7. The van der Waals surface area contributed by atoms with Gasteiger partial charge in [-0.05, 0) is 62.2 Å². The molecule has 1 amide bonds. The largest absolute Gasteiger partial charge is 0.494 e. The van der Waals surface area contributed by atoms with Crippen molar-refractivity contribution in [2.24, 2.45) is 0 Å². The number of hydrogen-bond donors (Lipinski definition) is 0. The Labute approximate surface area is 169 Å². The van der Waals surface area contributed by atoms with Gasteiger partial charge in [0.15, 0.2) is 5.13 Å². The van der Waals surface area contributed by atoms with E-state index < -0.39 is 0 Å². The number of benzene rings is 2. The van der Waals surface area contributed by atoms with Crippen molar-refractivity contribution in [3.8, 4) is 5.75 Å². The molecule has 1 saturated heterocycles. The molecule has 1 aliphatic heterocycles. The number of carbonyl (C=O) groups excluding carboxylic acids is 1. The average molecular weight is 396 g/mol. The first-order valence-electron chi connectivity index (χ1n) is 9.70. The molecule has 0 spiro atoms. The predicted octanol–water partition coefficient (Wildman–Crippen LogP) is 4.27. The van der Waals surface area contributed by atoms with E-state index in [0.29, 0.717) is 25.3 Å². The lowest BCUT2D eigenvalue weighted by molar-refractivity contribution is 0.0746. The van der Waals surface area contributed by atoms with Crippen LogP contribution in [0.25, 0.3) is 10.2 Å². The summed E-state index contributed by atoms with van der Waals surface area (Å²) < 4.78 is 6.69. The van der Waals surface area contributed by atoms with E-state index in [0.717, 1.165) is 29.5 Å². The van der Waals surface area contributed by atoms with Crippen molar-refractivity contribution >= 4 is 32.6 Å². The topological polar surface area (TPSA) is 45.7 Å². The third-order valence-corrected chi connectivity index (χ3v) is 6.13. The number of hydrogen-bond acceptors (Lipinski definition) is 5. The molecule has 0 atom stereocenters. The number of carbonyl (C=O) groups is 1. The lowest BCUT2D eigenvalue weighted by Crippen LogP contribution is -2.48. The number of anilines is 1. The molecule has 3 aromatic rings. The number of ether oxygens (including phenoxy) is 1. The highest BCUT2D eigenvalue weighted by molar-refractivity contribution is 7.22. The van der Waals surface area contributed by atoms with Gasteiger partial charge in [-0.2, -0.15) is 0 Å². The number of aromatic nitrogens is 1. The fourth-order valence-electron chi connectivity index (χ4n) is 3.64. The minimum atomic E-state index is 0.0819. The van der Waals surface area contributed by atoms with E-state index in [1.165, 1.54) is 15.8 Å². The van der Waals surface area contributed by atoms with Crippen molar-refractivity contribution in [3.63, 3.8) is 0 Å². The third-order valence-electron chi connectivity index (χ3n) is 5.07. The van der Waals surface area contributed by atoms with Gasteiger partial charge in [-0.15, -0.1) is 0 Å². The zero-order valence-electron chi connectivity index (χ0n) is 16.6. The SMILES string of the molecule is CCOc1ccc(C(=O)N2CCN(c3nc4c(C)cc(C)cc4s3)CC2)cc1. The van der Waals surface area contributed by atoms with Gasteiger partial charge in [-0.25, -0.2) is 4.98 Å². The van der Waals surface area contributed by atoms with Crippen LogP contribution < -0.4 is 9.64 Å². The highest BCUT2D eigenvalue weighted by Crippen LogP contribution is 2.32. The van der Waals surface area contributed by atoms with E-state index in [-0.39, 0.29) is 5.91 Å². The number of nitrogens with zero attached hydrogens (tertiary/aromatic N) is 3. The lowest BCUT2D eigenvalue weighted by Gasteiger charge is -2.34. The van der Waals surface area contributed by atoms with Crippen LogP contribution in [0.1, 0.15) is 28.4 Å². The Morgan fingerprint density at radius 2 is 1.82 bits per heavy atom. The summed E-state index contributed by atoms with van der Waals surface area (Å²) in [5, 5.41) is 1.05. The van der Waals surface area contributed by atoms with E-state index >= 15 is 0 Å². The molecule has 2 heterocycles. The molecule has 5 nitrogen and oxygen atoms in total. The van der Waals surface area contributed by atoms with Gasteiger partial charge in [0.2, 0.25) is 0 Å². The van der Waals surface area contributed by atoms with Gasteiger partial charge >= 0.3 is 0 Å². The van der Waals surface area contributed by atoms with Crippen LogP contribution >= 0.6 is 11.3 Å². The summed E-state index contributed by atoms with van der Waals surface area (Å²) in [5.74, 6) is 0.878. The van der Waals surface area contributed by atoms with Crippen molar-refractivity contribution in [1.29, 1.82) is 0 Å². The number of amides is 1. The van der Waals surface area contributed by atoms with Crippen molar-refractivity contribution < 1.29 is 9.53 Å².